The Morgan fingerprint density at radius 2 is 2.11 bits per heavy atom. The maximum atomic E-state index is 5.56. The van der Waals surface area contributed by atoms with E-state index < -0.39 is 0 Å². The fourth-order valence-electron chi connectivity index (χ4n) is 3.37. The monoisotopic (exact) mass is 256 g/mol. The van der Waals surface area contributed by atoms with E-state index in [1.807, 2.05) is 0 Å². The van der Waals surface area contributed by atoms with Crippen LogP contribution in [0.2, 0.25) is 0 Å². The Bertz CT molecular complexity index is 467. The van der Waals surface area contributed by atoms with Crippen LogP contribution < -0.4 is 4.74 Å². The van der Waals surface area contributed by atoms with Gasteiger partial charge in [-0.2, -0.15) is 0 Å². The minimum Gasteiger partial charge on any atom is -0.493 e. The van der Waals surface area contributed by atoms with E-state index in [0.29, 0.717) is 0 Å². The highest BCUT2D eigenvalue weighted by atomic mass is 16.5. The lowest BCUT2D eigenvalue weighted by Gasteiger charge is -2.22. The van der Waals surface area contributed by atoms with E-state index in [0.717, 1.165) is 31.1 Å². The van der Waals surface area contributed by atoms with E-state index in [4.69, 9.17) is 4.74 Å². The van der Waals surface area contributed by atoms with E-state index in [1.54, 1.807) is 5.57 Å². The topological polar surface area (TPSA) is 9.23 Å². The molecule has 0 unspecified atom stereocenters. The van der Waals surface area contributed by atoms with Crippen LogP contribution in [0.1, 0.15) is 50.2 Å². The van der Waals surface area contributed by atoms with Crippen LogP contribution in [0.3, 0.4) is 0 Å². The summed E-state index contributed by atoms with van der Waals surface area (Å²) in [6.07, 6.45) is 11.7. The standard InChI is InChI=1S/C18H24O/c1-14(16-5-3-2-4-6-16)7-8-15-9-10-18-17(13-15)11-12-19-18/h7,9-10,13,16H,2-6,8,11-12H2,1H3. The predicted molar refractivity (Wildman–Crippen MR) is 79.7 cm³/mol. The van der Waals surface area contributed by atoms with Crippen LogP contribution in [-0.4, -0.2) is 6.61 Å². The van der Waals surface area contributed by atoms with Gasteiger partial charge in [-0.3, -0.25) is 0 Å². The van der Waals surface area contributed by atoms with Crippen molar-refractivity contribution in [2.24, 2.45) is 5.92 Å². The van der Waals surface area contributed by atoms with E-state index in [2.05, 4.69) is 31.2 Å². The molecule has 2 aliphatic rings. The lowest BCUT2D eigenvalue weighted by Crippen LogP contribution is -2.07. The van der Waals surface area contributed by atoms with Gasteiger partial charge < -0.3 is 4.74 Å². The van der Waals surface area contributed by atoms with Gasteiger partial charge in [-0.05, 0) is 49.3 Å². The van der Waals surface area contributed by atoms with Crippen LogP contribution >= 0.6 is 0 Å². The third-order valence-corrected chi connectivity index (χ3v) is 4.66. The molecule has 1 heteroatoms. The summed E-state index contributed by atoms with van der Waals surface area (Å²) in [4.78, 5) is 0. The van der Waals surface area contributed by atoms with Gasteiger partial charge >= 0.3 is 0 Å². The van der Waals surface area contributed by atoms with Crippen molar-refractivity contribution < 1.29 is 4.74 Å². The van der Waals surface area contributed by atoms with Gasteiger partial charge in [0.25, 0.3) is 0 Å². The smallest absolute Gasteiger partial charge is 0.122 e. The number of fused-ring (bicyclic) bond motifs is 1. The van der Waals surface area contributed by atoms with Crippen LogP contribution in [0.25, 0.3) is 0 Å². The lowest BCUT2D eigenvalue weighted by atomic mass is 9.84. The zero-order chi connectivity index (χ0) is 13.1. The summed E-state index contributed by atoms with van der Waals surface area (Å²) < 4.78 is 5.56. The van der Waals surface area contributed by atoms with Crippen molar-refractivity contribution in [3.63, 3.8) is 0 Å². The summed E-state index contributed by atoms with van der Waals surface area (Å²) in [5.74, 6) is 1.95. The minimum absolute atomic E-state index is 0.853. The van der Waals surface area contributed by atoms with E-state index in [9.17, 15) is 0 Å². The summed E-state index contributed by atoms with van der Waals surface area (Å²) >= 11 is 0. The first-order valence-corrected chi connectivity index (χ1v) is 7.74. The fourth-order valence-corrected chi connectivity index (χ4v) is 3.37. The Labute approximate surface area is 116 Å². The molecule has 1 aromatic rings. The highest BCUT2D eigenvalue weighted by Gasteiger charge is 2.15. The maximum Gasteiger partial charge on any atom is 0.122 e. The zero-order valence-electron chi connectivity index (χ0n) is 12.0. The third-order valence-electron chi connectivity index (χ3n) is 4.66. The van der Waals surface area contributed by atoms with Gasteiger partial charge in [-0.25, -0.2) is 0 Å². The summed E-state index contributed by atoms with van der Waals surface area (Å²) in [5.41, 5.74) is 4.43. The van der Waals surface area contributed by atoms with Crippen molar-refractivity contribution in [1.82, 2.24) is 0 Å². The van der Waals surface area contributed by atoms with Gasteiger partial charge in [0.2, 0.25) is 0 Å². The molecule has 0 N–H and O–H groups in total. The molecule has 1 aromatic carbocycles. The van der Waals surface area contributed by atoms with E-state index >= 15 is 0 Å². The number of rotatable bonds is 3. The largest absolute Gasteiger partial charge is 0.493 e. The minimum atomic E-state index is 0.853. The normalized spacial score (nSPS) is 20.2. The number of benzene rings is 1. The molecule has 1 saturated carbocycles. The third kappa shape index (κ3) is 3.02. The predicted octanol–water partition coefficient (Wildman–Crippen LogP) is 4.69. The second-order valence-electron chi connectivity index (χ2n) is 6.03. The second-order valence-corrected chi connectivity index (χ2v) is 6.03. The van der Waals surface area contributed by atoms with Gasteiger partial charge in [-0.15, -0.1) is 0 Å². The Balaban J connectivity index is 1.64. The molecule has 1 fully saturated rings. The molecule has 0 radical (unpaired) electrons. The van der Waals surface area contributed by atoms with Gasteiger partial charge in [0.15, 0.2) is 0 Å². The van der Waals surface area contributed by atoms with Crippen molar-refractivity contribution in [2.75, 3.05) is 6.61 Å². The average Bonchev–Trinajstić information content (AvgIpc) is 2.93. The molecule has 0 spiro atoms. The Kier molecular flexibility index (Phi) is 3.91. The molecular formula is C18H24O. The van der Waals surface area contributed by atoms with Crippen LogP contribution in [-0.2, 0) is 12.8 Å². The molecule has 3 rings (SSSR count). The zero-order valence-corrected chi connectivity index (χ0v) is 12.0. The van der Waals surface area contributed by atoms with E-state index in [-0.39, 0.29) is 0 Å². The maximum absolute atomic E-state index is 5.56. The average molecular weight is 256 g/mol. The number of hydrogen-bond donors (Lipinski definition) is 0. The van der Waals surface area contributed by atoms with Crippen LogP contribution in [0.15, 0.2) is 29.8 Å². The molecule has 0 amide bonds. The second kappa shape index (κ2) is 5.81. The van der Waals surface area contributed by atoms with E-state index in [1.165, 1.54) is 43.2 Å². The molecule has 0 aromatic heterocycles. The first-order chi connectivity index (χ1) is 9.33. The van der Waals surface area contributed by atoms with Crippen molar-refractivity contribution in [3.8, 4) is 5.75 Å². The lowest BCUT2D eigenvalue weighted by molar-refractivity contribution is 0.357. The van der Waals surface area contributed by atoms with Crippen molar-refractivity contribution in [1.29, 1.82) is 0 Å². The van der Waals surface area contributed by atoms with Gasteiger partial charge in [-0.1, -0.05) is 43.0 Å². The van der Waals surface area contributed by atoms with Crippen LogP contribution in [0.5, 0.6) is 5.75 Å². The molecule has 1 heterocycles. The van der Waals surface area contributed by atoms with Gasteiger partial charge in [0.1, 0.15) is 5.75 Å². The quantitative estimate of drug-likeness (QED) is 0.713. The van der Waals surface area contributed by atoms with Crippen molar-refractivity contribution >= 4 is 0 Å². The Hall–Kier alpha value is -1.24. The molecule has 1 aliphatic carbocycles. The molecule has 0 saturated heterocycles. The van der Waals surface area contributed by atoms with Crippen molar-refractivity contribution in [2.45, 2.75) is 51.9 Å². The Morgan fingerprint density at radius 3 is 2.95 bits per heavy atom. The molecule has 19 heavy (non-hydrogen) atoms. The molecule has 0 bridgehead atoms. The number of allylic oxidation sites excluding steroid dienone is 2. The highest BCUT2D eigenvalue weighted by molar-refractivity contribution is 5.40. The van der Waals surface area contributed by atoms with Crippen molar-refractivity contribution in [3.05, 3.63) is 41.0 Å². The van der Waals surface area contributed by atoms with Crippen LogP contribution in [0.4, 0.5) is 0 Å². The molecular weight excluding hydrogens is 232 g/mol. The summed E-state index contributed by atoms with van der Waals surface area (Å²) in [6.45, 7) is 3.18. The molecule has 102 valence electrons. The summed E-state index contributed by atoms with van der Waals surface area (Å²) in [7, 11) is 0. The number of hydrogen-bond acceptors (Lipinski definition) is 1. The first kappa shape index (κ1) is 12.8. The molecule has 1 nitrogen and oxygen atoms in total. The van der Waals surface area contributed by atoms with Crippen LogP contribution in [0, 0.1) is 5.92 Å². The van der Waals surface area contributed by atoms with Gasteiger partial charge in [0.05, 0.1) is 6.61 Å². The summed E-state index contributed by atoms with van der Waals surface area (Å²) in [6, 6.07) is 6.68. The summed E-state index contributed by atoms with van der Waals surface area (Å²) in [5, 5.41) is 0. The Morgan fingerprint density at radius 1 is 1.26 bits per heavy atom. The SMILES string of the molecule is CC(=CCc1ccc2c(c1)CCO2)C1CCCCC1. The first-order valence-electron chi connectivity index (χ1n) is 7.74. The molecule has 1 aliphatic heterocycles. The van der Waals surface area contributed by atoms with Gasteiger partial charge in [0, 0.05) is 6.42 Å². The highest BCUT2D eigenvalue weighted by Crippen LogP contribution is 2.30. The fraction of sp³-hybridized carbons (Fsp3) is 0.556. The molecule has 0 atom stereocenters. The number of ether oxygens (including phenoxy) is 1.